The average molecular weight is 498 g/mol. The fourth-order valence-electron chi connectivity index (χ4n) is 3.69. The van der Waals surface area contributed by atoms with E-state index in [0.717, 1.165) is 11.1 Å². The van der Waals surface area contributed by atoms with Crippen LogP contribution in [-0.2, 0) is 18.0 Å². The Labute approximate surface area is 214 Å². The molecule has 0 heterocycles. The van der Waals surface area contributed by atoms with Crippen molar-refractivity contribution in [2.45, 2.75) is 25.4 Å². The van der Waals surface area contributed by atoms with E-state index in [1.807, 2.05) is 60.7 Å². The van der Waals surface area contributed by atoms with Gasteiger partial charge in [-0.2, -0.15) is 0 Å². The van der Waals surface area contributed by atoms with Gasteiger partial charge in [0.2, 0.25) is 0 Å². The number of amides is 1. The molecule has 188 valence electrons. The second-order valence-corrected chi connectivity index (χ2v) is 8.35. The van der Waals surface area contributed by atoms with Gasteiger partial charge in [0.05, 0.1) is 0 Å². The predicted octanol–water partition coefficient (Wildman–Crippen LogP) is 4.76. The maximum absolute atomic E-state index is 12.6. The number of hydrogen-bond acceptors (Lipinski definition) is 5. The number of ether oxygens (including phenoxy) is 2. The zero-order valence-corrected chi connectivity index (χ0v) is 20.0. The number of aliphatic carboxylic acids is 1. The van der Waals surface area contributed by atoms with Gasteiger partial charge in [-0.3, -0.25) is 4.79 Å². The smallest absolute Gasteiger partial charge is 0.329 e. The summed E-state index contributed by atoms with van der Waals surface area (Å²) in [5.74, 6) is -1.19. The zero-order valence-electron chi connectivity index (χ0n) is 20.0. The van der Waals surface area contributed by atoms with Crippen molar-refractivity contribution < 1.29 is 29.3 Å². The van der Waals surface area contributed by atoms with Gasteiger partial charge in [-0.25, -0.2) is 4.79 Å². The Kier molecular flexibility index (Phi) is 8.52. The van der Waals surface area contributed by atoms with Crippen LogP contribution in [0.4, 0.5) is 0 Å². The molecule has 7 heteroatoms. The summed E-state index contributed by atoms with van der Waals surface area (Å²) in [6.45, 7) is 0.546. The first-order valence-electron chi connectivity index (χ1n) is 11.8. The number of hydrogen-bond donors (Lipinski definition) is 3. The molecule has 0 bridgehead atoms. The fraction of sp³-hybridized carbons (Fsp3) is 0.133. The highest BCUT2D eigenvalue weighted by atomic mass is 16.5. The van der Waals surface area contributed by atoms with Crippen molar-refractivity contribution in [3.8, 4) is 11.5 Å². The van der Waals surface area contributed by atoms with E-state index < -0.39 is 24.0 Å². The van der Waals surface area contributed by atoms with Crippen molar-refractivity contribution >= 4 is 11.9 Å². The Morgan fingerprint density at radius 2 is 1.22 bits per heavy atom. The van der Waals surface area contributed by atoms with Gasteiger partial charge in [0.25, 0.3) is 5.91 Å². The van der Waals surface area contributed by atoms with Crippen molar-refractivity contribution in [2.24, 2.45) is 0 Å². The van der Waals surface area contributed by atoms with Crippen molar-refractivity contribution in [1.82, 2.24) is 5.32 Å². The largest absolute Gasteiger partial charge is 0.485 e. The number of nitrogens with one attached hydrogen (secondary N) is 1. The standard InChI is InChI=1S/C30H27NO6/c32-28(27(30(34)35)31-29(33)23-14-8-3-9-15-23)24-16-17-25(36-19-21-10-4-1-5-11-21)26(18-24)37-20-22-12-6-2-7-13-22/h1-18,27-28,32H,19-20H2,(H,31,33)(H,34,35). The summed E-state index contributed by atoms with van der Waals surface area (Å²) < 4.78 is 12.0. The van der Waals surface area contributed by atoms with Gasteiger partial charge in [-0.05, 0) is 41.0 Å². The molecule has 1 amide bonds. The molecule has 0 saturated heterocycles. The molecule has 4 rings (SSSR count). The summed E-state index contributed by atoms with van der Waals surface area (Å²) in [5.41, 5.74) is 2.45. The van der Waals surface area contributed by atoms with Crippen LogP contribution in [0.15, 0.2) is 109 Å². The molecule has 0 aliphatic heterocycles. The maximum Gasteiger partial charge on any atom is 0.329 e. The highest BCUT2D eigenvalue weighted by Gasteiger charge is 2.30. The third-order valence-electron chi connectivity index (χ3n) is 5.69. The van der Waals surface area contributed by atoms with Gasteiger partial charge >= 0.3 is 5.97 Å². The quantitative estimate of drug-likeness (QED) is 0.276. The lowest BCUT2D eigenvalue weighted by atomic mass is 10.0. The Balaban J connectivity index is 1.56. The minimum absolute atomic E-state index is 0.245. The lowest BCUT2D eigenvalue weighted by Crippen LogP contribution is -2.45. The summed E-state index contributed by atoms with van der Waals surface area (Å²) in [6.07, 6.45) is -1.53. The van der Waals surface area contributed by atoms with E-state index in [1.54, 1.807) is 48.5 Å². The number of aliphatic hydroxyl groups is 1. The molecule has 2 atom stereocenters. The molecule has 0 aromatic heterocycles. The molecule has 37 heavy (non-hydrogen) atoms. The first kappa shape index (κ1) is 25.5. The average Bonchev–Trinajstić information content (AvgIpc) is 2.94. The van der Waals surface area contributed by atoms with E-state index in [0.29, 0.717) is 18.1 Å². The maximum atomic E-state index is 12.6. The zero-order chi connectivity index (χ0) is 26.0. The Morgan fingerprint density at radius 1 is 0.703 bits per heavy atom. The third-order valence-corrected chi connectivity index (χ3v) is 5.69. The van der Waals surface area contributed by atoms with Gasteiger partial charge in [-0.1, -0.05) is 84.9 Å². The Hall–Kier alpha value is -4.62. The van der Waals surface area contributed by atoms with Gasteiger partial charge in [-0.15, -0.1) is 0 Å². The number of rotatable bonds is 11. The molecule has 0 saturated carbocycles. The van der Waals surface area contributed by atoms with Gasteiger partial charge in [0, 0.05) is 5.56 Å². The van der Waals surface area contributed by atoms with E-state index in [1.165, 1.54) is 0 Å². The lowest BCUT2D eigenvalue weighted by molar-refractivity contribution is -0.142. The van der Waals surface area contributed by atoms with Crippen LogP contribution in [0, 0.1) is 0 Å². The van der Waals surface area contributed by atoms with Gasteiger partial charge in [0.15, 0.2) is 17.5 Å². The molecule has 2 unspecified atom stereocenters. The molecule has 0 aliphatic rings. The van der Waals surface area contributed by atoms with Crippen LogP contribution in [0.5, 0.6) is 11.5 Å². The van der Waals surface area contributed by atoms with Crippen LogP contribution in [0.3, 0.4) is 0 Å². The van der Waals surface area contributed by atoms with Crippen LogP contribution < -0.4 is 14.8 Å². The van der Waals surface area contributed by atoms with Crippen LogP contribution in [0.25, 0.3) is 0 Å². The molecule has 0 aliphatic carbocycles. The van der Waals surface area contributed by atoms with Crippen LogP contribution in [0.2, 0.25) is 0 Å². The summed E-state index contributed by atoms with van der Waals surface area (Å²) in [4.78, 5) is 24.5. The van der Waals surface area contributed by atoms with Crippen molar-refractivity contribution in [1.29, 1.82) is 0 Å². The van der Waals surface area contributed by atoms with Gasteiger partial charge < -0.3 is 25.0 Å². The normalized spacial score (nSPS) is 12.2. The number of carboxylic acids is 1. The summed E-state index contributed by atoms with van der Waals surface area (Å²) in [7, 11) is 0. The van der Waals surface area contributed by atoms with Crippen LogP contribution in [-0.4, -0.2) is 28.1 Å². The minimum atomic E-state index is -1.58. The SMILES string of the molecule is O=C(NC(C(=O)O)C(O)c1ccc(OCc2ccccc2)c(OCc2ccccc2)c1)c1ccccc1. The number of carbonyl (C=O) groups excluding carboxylic acids is 1. The molecule has 3 N–H and O–H groups in total. The summed E-state index contributed by atoms with van der Waals surface area (Å²) in [6, 6.07) is 30.6. The van der Waals surface area contributed by atoms with Crippen molar-refractivity contribution in [3.05, 3.63) is 131 Å². The molecule has 0 fully saturated rings. The van der Waals surface area contributed by atoms with E-state index >= 15 is 0 Å². The number of carbonyl (C=O) groups is 2. The minimum Gasteiger partial charge on any atom is -0.485 e. The second-order valence-electron chi connectivity index (χ2n) is 8.35. The Morgan fingerprint density at radius 3 is 1.76 bits per heavy atom. The monoisotopic (exact) mass is 497 g/mol. The molecule has 4 aromatic rings. The first-order valence-corrected chi connectivity index (χ1v) is 11.8. The Bertz CT molecular complexity index is 1310. The molecule has 0 radical (unpaired) electrons. The highest BCUT2D eigenvalue weighted by molar-refractivity contribution is 5.96. The lowest BCUT2D eigenvalue weighted by Gasteiger charge is -2.22. The second kappa shape index (κ2) is 12.4. The van der Waals surface area contributed by atoms with E-state index in [4.69, 9.17) is 9.47 Å². The van der Waals surface area contributed by atoms with Gasteiger partial charge in [0.1, 0.15) is 19.3 Å². The summed E-state index contributed by atoms with van der Waals surface area (Å²) in [5, 5.41) is 23.1. The molecular formula is C30H27NO6. The van der Waals surface area contributed by atoms with E-state index in [2.05, 4.69) is 5.32 Å². The predicted molar refractivity (Wildman–Crippen MR) is 138 cm³/mol. The number of benzene rings is 4. The topological polar surface area (TPSA) is 105 Å². The first-order chi connectivity index (χ1) is 18.0. The van der Waals surface area contributed by atoms with Crippen molar-refractivity contribution in [2.75, 3.05) is 0 Å². The fourth-order valence-corrected chi connectivity index (χ4v) is 3.69. The number of aliphatic hydroxyl groups excluding tert-OH is 1. The van der Waals surface area contributed by atoms with E-state index in [-0.39, 0.29) is 17.7 Å². The molecular weight excluding hydrogens is 470 g/mol. The molecule has 4 aromatic carbocycles. The summed E-state index contributed by atoms with van der Waals surface area (Å²) >= 11 is 0. The third kappa shape index (κ3) is 6.96. The molecule has 0 spiro atoms. The van der Waals surface area contributed by atoms with Crippen LogP contribution >= 0.6 is 0 Å². The van der Waals surface area contributed by atoms with Crippen LogP contribution in [0.1, 0.15) is 33.2 Å². The van der Waals surface area contributed by atoms with Crippen molar-refractivity contribution in [3.63, 3.8) is 0 Å². The number of carboxylic acid groups (broad SMARTS) is 1. The highest BCUT2D eigenvalue weighted by Crippen LogP contribution is 2.33. The van der Waals surface area contributed by atoms with E-state index in [9.17, 15) is 19.8 Å². The molecule has 7 nitrogen and oxygen atoms in total.